The maximum absolute atomic E-state index is 13.0. The summed E-state index contributed by atoms with van der Waals surface area (Å²) in [6.07, 6.45) is 2.40. The van der Waals surface area contributed by atoms with Crippen molar-refractivity contribution in [3.63, 3.8) is 0 Å². The van der Waals surface area contributed by atoms with Crippen LogP contribution in [0, 0.1) is 11.3 Å². The molecule has 0 aromatic carbocycles. The van der Waals surface area contributed by atoms with Gasteiger partial charge in [0.25, 0.3) is 0 Å². The standard InChI is InChI=1S/C21H37N3O3/c1-17(2)14-24(19(25)13-21(3,4)5)16-20(26)23(11-12-27-7)15-18-9-8-10-22(18)6/h8-10,17H,11-16H2,1-7H3. The van der Waals surface area contributed by atoms with Crippen LogP contribution in [0.3, 0.4) is 0 Å². The van der Waals surface area contributed by atoms with Crippen LogP contribution in [0.1, 0.15) is 46.7 Å². The number of rotatable bonds is 10. The number of aryl methyl sites for hydroxylation is 1. The molecule has 0 atom stereocenters. The third kappa shape index (κ3) is 8.61. The first-order valence-corrected chi connectivity index (χ1v) is 9.68. The number of ether oxygens (including phenoxy) is 1. The van der Waals surface area contributed by atoms with Crippen LogP contribution in [0.25, 0.3) is 0 Å². The van der Waals surface area contributed by atoms with E-state index in [1.165, 1.54) is 0 Å². The second-order valence-corrected chi connectivity index (χ2v) is 8.82. The summed E-state index contributed by atoms with van der Waals surface area (Å²) in [6.45, 7) is 12.4. The molecule has 0 N–H and O–H groups in total. The Kier molecular flexibility index (Phi) is 9.03. The molecule has 0 saturated carbocycles. The van der Waals surface area contributed by atoms with Crippen LogP contribution in [-0.4, -0.2) is 59.5 Å². The second kappa shape index (κ2) is 10.5. The molecule has 1 aromatic rings. The zero-order chi connectivity index (χ0) is 20.6. The van der Waals surface area contributed by atoms with Crippen LogP contribution in [0.5, 0.6) is 0 Å². The fraction of sp³-hybridized carbons (Fsp3) is 0.714. The molecule has 1 aromatic heterocycles. The maximum atomic E-state index is 13.0. The van der Waals surface area contributed by atoms with Gasteiger partial charge < -0.3 is 19.1 Å². The van der Waals surface area contributed by atoms with Crippen LogP contribution in [0.2, 0.25) is 0 Å². The minimum absolute atomic E-state index is 0.0371. The molecule has 0 spiro atoms. The quantitative estimate of drug-likeness (QED) is 0.628. The van der Waals surface area contributed by atoms with Crippen LogP contribution in [0.4, 0.5) is 0 Å². The molecule has 6 nitrogen and oxygen atoms in total. The van der Waals surface area contributed by atoms with Crippen LogP contribution >= 0.6 is 0 Å². The van der Waals surface area contributed by atoms with E-state index in [9.17, 15) is 9.59 Å². The lowest BCUT2D eigenvalue weighted by molar-refractivity contribution is -0.142. The third-order valence-electron chi connectivity index (χ3n) is 4.27. The van der Waals surface area contributed by atoms with E-state index in [-0.39, 0.29) is 23.8 Å². The van der Waals surface area contributed by atoms with Gasteiger partial charge in [0.15, 0.2) is 0 Å². The summed E-state index contributed by atoms with van der Waals surface area (Å²) >= 11 is 0. The van der Waals surface area contributed by atoms with Gasteiger partial charge in [-0.2, -0.15) is 0 Å². The molecule has 0 aliphatic carbocycles. The number of carbonyl (C=O) groups excluding carboxylic acids is 2. The molecule has 0 aliphatic rings. The Balaban J connectivity index is 2.88. The monoisotopic (exact) mass is 379 g/mol. The summed E-state index contributed by atoms with van der Waals surface area (Å²) < 4.78 is 7.18. The van der Waals surface area contributed by atoms with Gasteiger partial charge in [0.05, 0.1) is 19.7 Å². The van der Waals surface area contributed by atoms with Crippen molar-refractivity contribution < 1.29 is 14.3 Å². The Morgan fingerprint density at radius 2 is 1.85 bits per heavy atom. The first kappa shape index (κ1) is 23.2. The lowest BCUT2D eigenvalue weighted by Crippen LogP contribution is -2.45. The van der Waals surface area contributed by atoms with Crippen molar-refractivity contribution in [3.8, 4) is 0 Å². The van der Waals surface area contributed by atoms with E-state index in [4.69, 9.17) is 4.74 Å². The number of methoxy groups -OCH3 is 1. The van der Waals surface area contributed by atoms with E-state index in [0.29, 0.717) is 38.6 Å². The molecule has 0 aliphatic heterocycles. The third-order valence-corrected chi connectivity index (χ3v) is 4.27. The summed E-state index contributed by atoms with van der Waals surface area (Å²) in [5.41, 5.74) is 0.949. The van der Waals surface area contributed by atoms with E-state index in [1.807, 2.05) is 50.7 Å². The Morgan fingerprint density at radius 1 is 1.19 bits per heavy atom. The predicted molar refractivity (Wildman–Crippen MR) is 108 cm³/mol. The highest BCUT2D eigenvalue weighted by molar-refractivity contribution is 5.85. The summed E-state index contributed by atoms with van der Waals surface area (Å²) in [5, 5.41) is 0. The van der Waals surface area contributed by atoms with E-state index < -0.39 is 0 Å². The molecule has 0 saturated heterocycles. The van der Waals surface area contributed by atoms with Gasteiger partial charge in [0.1, 0.15) is 0 Å². The van der Waals surface area contributed by atoms with Crippen LogP contribution < -0.4 is 0 Å². The minimum Gasteiger partial charge on any atom is -0.383 e. The van der Waals surface area contributed by atoms with Gasteiger partial charge in [-0.25, -0.2) is 0 Å². The average molecular weight is 380 g/mol. The smallest absolute Gasteiger partial charge is 0.242 e. The van der Waals surface area contributed by atoms with Crippen LogP contribution in [-0.2, 0) is 27.9 Å². The lowest BCUT2D eigenvalue weighted by Gasteiger charge is -2.30. The zero-order valence-corrected chi connectivity index (χ0v) is 18.1. The summed E-state index contributed by atoms with van der Waals surface area (Å²) in [5.74, 6) is 0.299. The molecular weight excluding hydrogens is 342 g/mol. The molecule has 27 heavy (non-hydrogen) atoms. The van der Waals surface area contributed by atoms with Gasteiger partial charge in [-0.05, 0) is 23.5 Å². The van der Waals surface area contributed by atoms with Crippen molar-refractivity contribution in [1.29, 1.82) is 0 Å². The van der Waals surface area contributed by atoms with Crippen LogP contribution in [0.15, 0.2) is 18.3 Å². The Bertz CT molecular complexity index is 602. The summed E-state index contributed by atoms with van der Waals surface area (Å²) in [7, 11) is 3.59. The molecule has 2 amide bonds. The highest BCUT2D eigenvalue weighted by Crippen LogP contribution is 2.20. The van der Waals surface area contributed by atoms with Gasteiger partial charge in [-0.3, -0.25) is 9.59 Å². The minimum atomic E-state index is -0.103. The molecule has 1 heterocycles. The van der Waals surface area contributed by atoms with Crippen molar-refractivity contribution in [2.75, 3.05) is 33.4 Å². The average Bonchev–Trinajstić information content (AvgIpc) is 2.93. The van der Waals surface area contributed by atoms with Crippen molar-refractivity contribution >= 4 is 11.8 Å². The normalized spacial score (nSPS) is 11.7. The van der Waals surface area contributed by atoms with E-state index in [0.717, 1.165) is 5.69 Å². The van der Waals surface area contributed by atoms with Gasteiger partial charge in [-0.1, -0.05) is 34.6 Å². The Hall–Kier alpha value is -1.82. The number of carbonyl (C=O) groups is 2. The summed E-state index contributed by atoms with van der Waals surface area (Å²) in [6, 6.07) is 3.97. The van der Waals surface area contributed by atoms with Gasteiger partial charge in [0.2, 0.25) is 11.8 Å². The SMILES string of the molecule is COCCN(Cc1cccn1C)C(=O)CN(CC(C)C)C(=O)CC(C)(C)C. The second-order valence-electron chi connectivity index (χ2n) is 8.82. The zero-order valence-electron chi connectivity index (χ0n) is 18.1. The number of amides is 2. The number of aromatic nitrogens is 1. The molecule has 154 valence electrons. The number of hydrogen-bond acceptors (Lipinski definition) is 3. The molecule has 1 rings (SSSR count). The lowest BCUT2D eigenvalue weighted by atomic mass is 9.91. The number of hydrogen-bond donors (Lipinski definition) is 0. The Morgan fingerprint density at radius 3 is 2.33 bits per heavy atom. The molecular formula is C21H37N3O3. The van der Waals surface area contributed by atoms with Crippen molar-refractivity contribution in [3.05, 3.63) is 24.0 Å². The topological polar surface area (TPSA) is 54.8 Å². The highest BCUT2D eigenvalue weighted by Gasteiger charge is 2.25. The fourth-order valence-corrected chi connectivity index (χ4v) is 2.87. The number of nitrogens with zero attached hydrogens (tertiary/aromatic N) is 3. The highest BCUT2D eigenvalue weighted by atomic mass is 16.5. The molecule has 0 fully saturated rings. The van der Waals surface area contributed by atoms with Crippen molar-refractivity contribution in [2.24, 2.45) is 18.4 Å². The largest absolute Gasteiger partial charge is 0.383 e. The van der Waals surface area contributed by atoms with Crippen molar-refractivity contribution in [2.45, 2.75) is 47.6 Å². The van der Waals surface area contributed by atoms with E-state index in [1.54, 1.807) is 16.9 Å². The summed E-state index contributed by atoms with van der Waals surface area (Å²) in [4.78, 5) is 29.3. The maximum Gasteiger partial charge on any atom is 0.242 e. The Labute approximate surface area is 164 Å². The van der Waals surface area contributed by atoms with Gasteiger partial charge in [0, 0.05) is 45.6 Å². The van der Waals surface area contributed by atoms with Gasteiger partial charge >= 0.3 is 0 Å². The first-order valence-electron chi connectivity index (χ1n) is 9.68. The molecule has 0 bridgehead atoms. The molecule has 0 unspecified atom stereocenters. The van der Waals surface area contributed by atoms with E-state index >= 15 is 0 Å². The molecule has 0 radical (unpaired) electrons. The van der Waals surface area contributed by atoms with E-state index in [2.05, 4.69) is 13.8 Å². The molecule has 6 heteroatoms. The van der Waals surface area contributed by atoms with Gasteiger partial charge in [-0.15, -0.1) is 0 Å². The first-order chi connectivity index (χ1) is 12.5. The van der Waals surface area contributed by atoms with Crippen molar-refractivity contribution in [1.82, 2.24) is 14.4 Å². The predicted octanol–water partition coefficient (Wildman–Crippen LogP) is 2.92. The fourth-order valence-electron chi connectivity index (χ4n) is 2.87.